The summed E-state index contributed by atoms with van der Waals surface area (Å²) >= 11 is 4.93. The fourth-order valence-corrected chi connectivity index (χ4v) is 2.08. The van der Waals surface area contributed by atoms with E-state index < -0.39 is 9.05 Å². The quantitative estimate of drug-likeness (QED) is 0.607. The van der Waals surface area contributed by atoms with Gasteiger partial charge < -0.3 is 4.74 Å². The van der Waals surface area contributed by atoms with Crippen molar-refractivity contribution in [2.45, 2.75) is 11.8 Å². The van der Waals surface area contributed by atoms with Crippen molar-refractivity contribution in [3.63, 3.8) is 0 Å². The fourth-order valence-electron chi connectivity index (χ4n) is 1.08. The Labute approximate surface area is 98.4 Å². The van der Waals surface area contributed by atoms with E-state index in [2.05, 4.69) is 0 Å². The highest BCUT2D eigenvalue weighted by atomic mass is 35.7. The molecule has 0 heterocycles. The molecule has 0 unspecified atom stereocenters. The summed E-state index contributed by atoms with van der Waals surface area (Å²) in [4.78, 5) is 0.0177. The molecule has 1 rings (SSSR count). The van der Waals surface area contributed by atoms with Crippen LogP contribution in [0.2, 0.25) is 0 Å². The number of hydrogen-bond donors (Lipinski definition) is 0. The first kappa shape index (κ1) is 12.4. The summed E-state index contributed by atoms with van der Waals surface area (Å²) < 4.78 is 27.1. The molecule has 0 amide bonds. The van der Waals surface area contributed by atoms with Crippen LogP contribution >= 0.6 is 22.9 Å². The predicted molar refractivity (Wildman–Crippen MR) is 62.9 cm³/mol. The van der Waals surface area contributed by atoms with E-state index in [1.165, 1.54) is 19.2 Å². The second kappa shape index (κ2) is 4.47. The molecule has 3 nitrogen and oxygen atoms in total. The lowest BCUT2D eigenvalue weighted by molar-refractivity contribution is 0.415. The standard InChI is InChI=1S/C9H9ClO3S2/c1-6-3-4-7(15(10,11)12)5-8(6)9(14)13-2/h3-5H,1-2H3. The molecule has 0 saturated heterocycles. The number of thiocarbonyl (C=S) groups is 1. The van der Waals surface area contributed by atoms with Gasteiger partial charge in [0.25, 0.3) is 9.05 Å². The summed E-state index contributed by atoms with van der Waals surface area (Å²) in [7, 11) is 2.93. The first-order chi connectivity index (χ1) is 6.86. The molecule has 0 fully saturated rings. The zero-order valence-electron chi connectivity index (χ0n) is 8.15. The third kappa shape index (κ3) is 2.90. The summed E-state index contributed by atoms with van der Waals surface area (Å²) in [6.07, 6.45) is 0. The van der Waals surface area contributed by atoms with Gasteiger partial charge in [0, 0.05) is 16.2 Å². The number of aryl methyl sites for hydroxylation is 1. The topological polar surface area (TPSA) is 43.4 Å². The van der Waals surface area contributed by atoms with Gasteiger partial charge in [-0.2, -0.15) is 0 Å². The van der Waals surface area contributed by atoms with Crippen LogP contribution in [0.25, 0.3) is 0 Å². The van der Waals surface area contributed by atoms with E-state index in [0.29, 0.717) is 5.56 Å². The Bertz CT molecular complexity index is 494. The minimum absolute atomic E-state index is 0.0177. The van der Waals surface area contributed by atoms with Crippen LogP contribution < -0.4 is 0 Å². The average Bonchev–Trinajstić information content (AvgIpc) is 2.15. The number of ether oxygens (including phenoxy) is 1. The number of rotatable bonds is 2. The molecule has 0 aliphatic carbocycles. The molecule has 0 radical (unpaired) electrons. The zero-order chi connectivity index (χ0) is 11.6. The van der Waals surface area contributed by atoms with E-state index in [0.717, 1.165) is 5.56 Å². The van der Waals surface area contributed by atoms with Crippen LogP contribution in [0, 0.1) is 6.92 Å². The van der Waals surface area contributed by atoms with E-state index in [4.69, 9.17) is 27.6 Å². The van der Waals surface area contributed by atoms with Gasteiger partial charge in [-0.25, -0.2) is 8.42 Å². The minimum atomic E-state index is -3.73. The predicted octanol–water partition coefficient (Wildman–Crippen LogP) is 2.24. The highest BCUT2D eigenvalue weighted by Crippen LogP contribution is 2.19. The van der Waals surface area contributed by atoms with Crippen molar-refractivity contribution >= 4 is 37.0 Å². The Morgan fingerprint density at radius 1 is 1.47 bits per heavy atom. The van der Waals surface area contributed by atoms with Gasteiger partial charge in [0.15, 0.2) is 5.05 Å². The van der Waals surface area contributed by atoms with Crippen LogP contribution in [0.4, 0.5) is 0 Å². The highest BCUT2D eigenvalue weighted by Gasteiger charge is 2.13. The fraction of sp³-hybridized carbons (Fsp3) is 0.222. The van der Waals surface area contributed by atoms with E-state index in [-0.39, 0.29) is 9.95 Å². The highest BCUT2D eigenvalue weighted by molar-refractivity contribution is 8.13. The van der Waals surface area contributed by atoms with Gasteiger partial charge in [-0.1, -0.05) is 6.07 Å². The van der Waals surface area contributed by atoms with Crippen LogP contribution in [0.5, 0.6) is 0 Å². The van der Waals surface area contributed by atoms with Crippen LogP contribution in [0.15, 0.2) is 23.1 Å². The molecule has 0 bridgehead atoms. The number of halogens is 1. The maximum atomic E-state index is 11.1. The number of hydrogen-bond acceptors (Lipinski definition) is 4. The van der Waals surface area contributed by atoms with Crippen molar-refractivity contribution in [3.05, 3.63) is 29.3 Å². The third-order valence-corrected chi connectivity index (χ3v) is 3.63. The van der Waals surface area contributed by atoms with Gasteiger partial charge in [-0.05, 0) is 36.8 Å². The van der Waals surface area contributed by atoms with Crippen molar-refractivity contribution < 1.29 is 13.2 Å². The first-order valence-corrected chi connectivity index (χ1v) is 6.71. The van der Waals surface area contributed by atoms with Gasteiger partial charge >= 0.3 is 0 Å². The molecule has 0 spiro atoms. The Morgan fingerprint density at radius 2 is 2.07 bits per heavy atom. The molecule has 0 saturated carbocycles. The smallest absolute Gasteiger partial charge is 0.261 e. The van der Waals surface area contributed by atoms with Crippen molar-refractivity contribution in [2.75, 3.05) is 7.11 Å². The van der Waals surface area contributed by atoms with Crippen molar-refractivity contribution in [1.29, 1.82) is 0 Å². The molecule has 6 heteroatoms. The lowest BCUT2D eigenvalue weighted by Gasteiger charge is -2.07. The molecule has 1 aromatic carbocycles. The number of methoxy groups -OCH3 is 1. The van der Waals surface area contributed by atoms with Gasteiger partial charge in [-0.3, -0.25) is 0 Å². The largest absolute Gasteiger partial charge is 0.486 e. The lowest BCUT2D eigenvalue weighted by Crippen LogP contribution is -2.04. The van der Waals surface area contributed by atoms with Gasteiger partial charge in [0.1, 0.15) is 0 Å². The second-order valence-electron chi connectivity index (χ2n) is 2.91. The van der Waals surface area contributed by atoms with Crippen molar-refractivity contribution in [3.8, 4) is 0 Å². The summed E-state index contributed by atoms with van der Waals surface area (Å²) in [5, 5.41) is 0.245. The molecule has 0 aliphatic rings. The maximum Gasteiger partial charge on any atom is 0.261 e. The molecule has 0 N–H and O–H groups in total. The monoisotopic (exact) mass is 264 g/mol. The first-order valence-electron chi connectivity index (χ1n) is 4.00. The molecule has 0 aliphatic heterocycles. The third-order valence-electron chi connectivity index (χ3n) is 1.90. The Morgan fingerprint density at radius 3 is 2.53 bits per heavy atom. The van der Waals surface area contributed by atoms with Crippen molar-refractivity contribution in [2.24, 2.45) is 0 Å². The van der Waals surface area contributed by atoms with Gasteiger partial charge in [0.05, 0.1) is 12.0 Å². The summed E-state index contributed by atoms with van der Waals surface area (Å²) in [5.74, 6) is 0. The van der Waals surface area contributed by atoms with Gasteiger partial charge in [0.2, 0.25) is 0 Å². The van der Waals surface area contributed by atoms with E-state index in [1.54, 1.807) is 6.07 Å². The van der Waals surface area contributed by atoms with E-state index in [1.807, 2.05) is 6.92 Å². The van der Waals surface area contributed by atoms with E-state index >= 15 is 0 Å². The molecular formula is C9H9ClO3S2. The summed E-state index contributed by atoms with van der Waals surface area (Å²) in [5.41, 5.74) is 1.40. The van der Waals surface area contributed by atoms with Crippen LogP contribution in [-0.4, -0.2) is 20.6 Å². The van der Waals surface area contributed by atoms with Crippen LogP contribution in [0.1, 0.15) is 11.1 Å². The SMILES string of the molecule is COC(=S)c1cc(S(=O)(=O)Cl)ccc1C. The van der Waals surface area contributed by atoms with Gasteiger partial charge in [-0.15, -0.1) is 0 Å². The molecule has 15 heavy (non-hydrogen) atoms. The molecular weight excluding hydrogens is 256 g/mol. The summed E-state index contributed by atoms with van der Waals surface area (Å²) in [6, 6.07) is 4.47. The molecule has 0 aromatic heterocycles. The maximum absolute atomic E-state index is 11.1. The average molecular weight is 265 g/mol. The zero-order valence-corrected chi connectivity index (χ0v) is 10.5. The molecule has 82 valence electrons. The Hall–Kier alpha value is -0.650. The van der Waals surface area contributed by atoms with E-state index in [9.17, 15) is 8.42 Å². The van der Waals surface area contributed by atoms with Crippen LogP contribution in [0.3, 0.4) is 0 Å². The summed E-state index contributed by atoms with van der Waals surface area (Å²) in [6.45, 7) is 1.81. The Balaban J connectivity index is 3.36. The van der Waals surface area contributed by atoms with Crippen LogP contribution in [-0.2, 0) is 13.8 Å². The molecule has 0 atom stereocenters. The minimum Gasteiger partial charge on any atom is -0.486 e. The number of benzene rings is 1. The Kier molecular flexibility index (Phi) is 3.70. The molecule has 1 aromatic rings. The second-order valence-corrected chi connectivity index (χ2v) is 5.84. The van der Waals surface area contributed by atoms with Crippen molar-refractivity contribution in [1.82, 2.24) is 0 Å². The normalized spacial score (nSPS) is 11.1. The lowest BCUT2D eigenvalue weighted by atomic mass is 10.1.